The van der Waals surface area contributed by atoms with Crippen molar-refractivity contribution in [3.05, 3.63) is 0 Å². The quantitative estimate of drug-likeness (QED) is 0.0417. The third-order valence-corrected chi connectivity index (χ3v) is 14.4. The van der Waals surface area contributed by atoms with Crippen LogP contribution in [0.15, 0.2) is 0 Å². The molecule has 6 nitrogen and oxygen atoms in total. The van der Waals surface area contributed by atoms with Gasteiger partial charge in [0.15, 0.2) is 0 Å². The molecule has 0 aromatic carbocycles. The zero-order valence-electron chi connectivity index (χ0n) is 45.0. The lowest BCUT2D eigenvalue weighted by Crippen LogP contribution is -2.45. The van der Waals surface area contributed by atoms with Crippen LogP contribution in [0.2, 0.25) is 0 Å². The number of rotatable bonds is 57. The highest BCUT2D eigenvalue weighted by atomic mass is 16.5. The van der Waals surface area contributed by atoms with Crippen LogP contribution in [-0.2, 0) is 14.3 Å². The van der Waals surface area contributed by atoms with Gasteiger partial charge < -0.3 is 20.3 Å². The number of unbranched alkanes of at least 4 members (excludes halogenated alkanes) is 46. The van der Waals surface area contributed by atoms with E-state index in [0.717, 1.165) is 44.9 Å². The van der Waals surface area contributed by atoms with Crippen LogP contribution in [0.4, 0.5) is 0 Å². The smallest absolute Gasteiger partial charge is 0.305 e. The Morgan fingerprint density at radius 1 is 0.364 bits per heavy atom. The summed E-state index contributed by atoms with van der Waals surface area (Å²) in [6.07, 6.45) is 65.3. The molecule has 0 aromatic rings. The second-order valence-corrected chi connectivity index (χ2v) is 21.1. The maximum absolute atomic E-state index is 12.5. The fourth-order valence-corrected chi connectivity index (χ4v) is 9.76. The van der Waals surface area contributed by atoms with Crippen LogP contribution in [0.3, 0.4) is 0 Å². The van der Waals surface area contributed by atoms with Crippen molar-refractivity contribution < 1.29 is 24.5 Å². The Bertz CT molecular complexity index is 944. The van der Waals surface area contributed by atoms with Gasteiger partial charge in [-0.1, -0.05) is 309 Å². The van der Waals surface area contributed by atoms with Gasteiger partial charge in [0.25, 0.3) is 0 Å². The molecule has 0 aliphatic rings. The summed E-state index contributed by atoms with van der Waals surface area (Å²) in [5.41, 5.74) is 0. The van der Waals surface area contributed by atoms with Crippen LogP contribution in [0.5, 0.6) is 0 Å². The maximum atomic E-state index is 12.5. The van der Waals surface area contributed by atoms with Crippen LogP contribution in [0.25, 0.3) is 0 Å². The first kappa shape index (κ1) is 64.9. The summed E-state index contributed by atoms with van der Waals surface area (Å²) in [5, 5.41) is 23.4. The van der Waals surface area contributed by atoms with Crippen molar-refractivity contribution in [2.45, 2.75) is 360 Å². The van der Waals surface area contributed by atoms with Crippen molar-refractivity contribution in [1.82, 2.24) is 5.32 Å². The fraction of sp³-hybridized carbons (Fsp3) is 0.967. The lowest BCUT2D eigenvalue weighted by Gasteiger charge is -2.22. The minimum absolute atomic E-state index is 0.00517. The largest absolute Gasteiger partial charge is 0.466 e. The van der Waals surface area contributed by atoms with Crippen LogP contribution >= 0.6 is 0 Å². The Balaban J connectivity index is 3.41. The van der Waals surface area contributed by atoms with Crippen LogP contribution < -0.4 is 5.32 Å². The van der Waals surface area contributed by atoms with E-state index in [1.165, 1.54) is 270 Å². The maximum Gasteiger partial charge on any atom is 0.305 e. The molecular weight excluding hydrogens is 815 g/mol. The van der Waals surface area contributed by atoms with Gasteiger partial charge in [-0.3, -0.25) is 9.59 Å². The summed E-state index contributed by atoms with van der Waals surface area (Å²) in [5.74, 6) is -0.0321. The molecule has 0 rings (SSSR count). The van der Waals surface area contributed by atoms with E-state index in [1.54, 1.807) is 0 Å². The summed E-state index contributed by atoms with van der Waals surface area (Å²) in [6.45, 7) is 4.97. The molecule has 0 heterocycles. The van der Waals surface area contributed by atoms with E-state index in [0.29, 0.717) is 25.9 Å². The van der Waals surface area contributed by atoms with Crippen molar-refractivity contribution >= 4 is 11.9 Å². The second-order valence-electron chi connectivity index (χ2n) is 21.1. The molecule has 0 aromatic heterocycles. The molecule has 0 spiro atoms. The fourth-order valence-electron chi connectivity index (χ4n) is 9.76. The van der Waals surface area contributed by atoms with Gasteiger partial charge in [-0.05, 0) is 25.7 Å². The lowest BCUT2D eigenvalue weighted by molar-refractivity contribution is -0.143. The number of amides is 1. The molecule has 6 heteroatoms. The normalized spacial score (nSPS) is 12.5. The van der Waals surface area contributed by atoms with E-state index < -0.39 is 12.1 Å². The van der Waals surface area contributed by atoms with Gasteiger partial charge in [0.1, 0.15) is 0 Å². The summed E-state index contributed by atoms with van der Waals surface area (Å²) in [6, 6.07) is -0.546. The van der Waals surface area contributed by atoms with E-state index in [1.807, 2.05) is 0 Å². The molecule has 66 heavy (non-hydrogen) atoms. The molecule has 2 atom stereocenters. The van der Waals surface area contributed by atoms with Crippen molar-refractivity contribution in [2.75, 3.05) is 13.2 Å². The van der Waals surface area contributed by atoms with E-state index in [4.69, 9.17) is 4.74 Å². The first-order valence-corrected chi connectivity index (χ1v) is 30.3. The standard InChI is InChI=1S/C60H119NO5/c1-3-5-7-9-11-13-15-17-18-19-20-21-22-23-26-29-32-36-40-44-48-52-58(63)57(56-62)61-59(64)53-49-45-41-37-33-30-27-24-25-28-31-35-39-43-47-51-55-66-60(65)54-50-46-42-38-34-16-14-12-10-8-6-4-2/h57-58,62-63H,3-56H2,1-2H3,(H,61,64). The summed E-state index contributed by atoms with van der Waals surface area (Å²) >= 11 is 0. The zero-order chi connectivity index (χ0) is 47.9. The molecule has 0 bridgehead atoms. The van der Waals surface area contributed by atoms with Crippen molar-refractivity contribution in [2.24, 2.45) is 0 Å². The van der Waals surface area contributed by atoms with Crippen LogP contribution in [0.1, 0.15) is 348 Å². The van der Waals surface area contributed by atoms with Gasteiger partial charge >= 0.3 is 5.97 Å². The van der Waals surface area contributed by atoms with Gasteiger partial charge in [-0.25, -0.2) is 0 Å². The molecule has 394 valence electrons. The predicted octanol–water partition coefficient (Wildman–Crippen LogP) is 18.7. The Morgan fingerprint density at radius 2 is 0.621 bits per heavy atom. The highest BCUT2D eigenvalue weighted by Crippen LogP contribution is 2.18. The third kappa shape index (κ3) is 52.2. The van der Waals surface area contributed by atoms with Gasteiger partial charge in [0.2, 0.25) is 5.91 Å². The number of carbonyl (C=O) groups excluding carboxylic acids is 2. The molecule has 3 N–H and O–H groups in total. The number of ether oxygens (including phenoxy) is 1. The number of nitrogens with one attached hydrogen (secondary N) is 1. The third-order valence-electron chi connectivity index (χ3n) is 14.4. The summed E-state index contributed by atoms with van der Waals surface area (Å²) in [7, 11) is 0. The number of aliphatic hydroxyl groups is 2. The van der Waals surface area contributed by atoms with E-state index in [-0.39, 0.29) is 18.5 Å². The molecule has 0 aliphatic carbocycles. The highest BCUT2D eigenvalue weighted by Gasteiger charge is 2.20. The Kier molecular flexibility index (Phi) is 55.5. The van der Waals surface area contributed by atoms with Crippen LogP contribution in [-0.4, -0.2) is 47.4 Å². The van der Waals surface area contributed by atoms with Gasteiger partial charge in [0.05, 0.1) is 25.4 Å². The number of hydrogen-bond acceptors (Lipinski definition) is 5. The average molecular weight is 935 g/mol. The van der Waals surface area contributed by atoms with Crippen molar-refractivity contribution in [3.63, 3.8) is 0 Å². The number of aliphatic hydroxyl groups excluding tert-OH is 2. The zero-order valence-corrected chi connectivity index (χ0v) is 45.0. The molecule has 0 radical (unpaired) electrons. The molecule has 0 saturated carbocycles. The summed E-state index contributed by atoms with van der Waals surface area (Å²) < 4.78 is 5.47. The van der Waals surface area contributed by atoms with Gasteiger partial charge in [0, 0.05) is 12.8 Å². The predicted molar refractivity (Wildman–Crippen MR) is 287 cm³/mol. The van der Waals surface area contributed by atoms with Crippen LogP contribution in [0, 0.1) is 0 Å². The second kappa shape index (κ2) is 56.4. The van der Waals surface area contributed by atoms with Crippen molar-refractivity contribution in [1.29, 1.82) is 0 Å². The summed E-state index contributed by atoms with van der Waals surface area (Å²) in [4.78, 5) is 24.5. The Morgan fingerprint density at radius 3 is 0.924 bits per heavy atom. The molecule has 0 fully saturated rings. The van der Waals surface area contributed by atoms with E-state index in [2.05, 4.69) is 19.2 Å². The first-order chi connectivity index (χ1) is 32.5. The monoisotopic (exact) mass is 934 g/mol. The number of carbonyl (C=O) groups is 2. The Labute approximate surface area is 413 Å². The topological polar surface area (TPSA) is 95.9 Å². The Hall–Kier alpha value is -1.14. The molecule has 1 amide bonds. The van der Waals surface area contributed by atoms with Crippen molar-refractivity contribution in [3.8, 4) is 0 Å². The first-order valence-electron chi connectivity index (χ1n) is 30.3. The number of hydrogen-bond donors (Lipinski definition) is 3. The number of esters is 1. The minimum Gasteiger partial charge on any atom is -0.466 e. The van der Waals surface area contributed by atoms with Gasteiger partial charge in [-0.2, -0.15) is 0 Å². The van der Waals surface area contributed by atoms with Gasteiger partial charge in [-0.15, -0.1) is 0 Å². The minimum atomic E-state index is -0.668. The molecular formula is C60H119NO5. The highest BCUT2D eigenvalue weighted by molar-refractivity contribution is 5.76. The average Bonchev–Trinajstić information content (AvgIpc) is 3.32. The molecule has 2 unspecified atom stereocenters. The lowest BCUT2D eigenvalue weighted by atomic mass is 10.0. The molecule has 0 aliphatic heterocycles. The molecule has 0 saturated heterocycles. The SMILES string of the molecule is CCCCCCCCCCCCCCCCCCCCCCCC(O)C(CO)NC(=O)CCCCCCCCCCCCCCCCCCOC(=O)CCCCCCCCCCCCCC. The van der Waals surface area contributed by atoms with E-state index in [9.17, 15) is 19.8 Å². The van der Waals surface area contributed by atoms with E-state index >= 15 is 0 Å².